The Kier molecular flexibility index (Phi) is 6.28. The van der Waals surface area contributed by atoms with Crippen molar-refractivity contribution in [1.82, 2.24) is 9.97 Å². The molecule has 9 aromatic rings. The fraction of sp³-hybridized carbons (Fsp3) is 0.0625. The van der Waals surface area contributed by atoms with Crippen molar-refractivity contribution in [2.24, 2.45) is 0 Å². The van der Waals surface area contributed by atoms with Gasteiger partial charge in [0.25, 0.3) is 0 Å². The van der Waals surface area contributed by atoms with E-state index in [1.807, 2.05) is 18.3 Å². The highest BCUT2D eigenvalue weighted by atomic mass is 14.7. The van der Waals surface area contributed by atoms with Crippen LogP contribution in [-0.2, 0) is 5.41 Å². The molecule has 2 heterocycles. The van der Waals surface area contributed by atoms with Gasteiger partial charge in [-0.05, 0) is 80.2 Å². The van der Waals surface area contributed by atoms with E-state index in [-0.39, 0.29) is 5.41 Å². The van der Waals surface area contributed by atoms with Crippen molar-refractivity contribution in [2.45, 2.75) is 19.3 Å². The van der Waals surface area contributed by atoms with Gasteiger partial charge in [-0.2, -0.15) is 5.26 Å². The molecule has 0 fully saturated rings. The molecule has 0 amide bonds. The predicted octanol–water partition coefficient (Wildman–Crippen LogP) is 12.3. The SMILES string of the molecule is CC1(C)c2cc(C#N)ccc2-c2ccc(-c3ccc(-c4ccc5c(c4)nc(-c4ccccc4)c4ccc6ccc7cccnc7c6c45)cc3)cc21. The van der Waals surface area contributed by atoms with Gasteiger partial charge < -0.3 is 0 Å². The van der Waals surface area contributed by atoms with Crippen LogP contribution < -0.4 is 0 Å². The van der Waals surface area contributed by atoms with E-state index in [0.717, 1.165) is 49.6 Å². The Labute approximate surface area is 296 Å². The molecule has 51 heavy (non-hydrogen) atoms. The average molecular weight is 650 g/mol. The first-order valence-electron chi connectivity index (χ1n) is 17.4. The van der Waals surface area contributed by atoms with Gasteiger partial charge in [-0.25, -0.2) is 4.98 Å². The summed E-state index contributed by atoms with van der Waals surface area (Å²) in [6.45, 7) is 4.52. The van der Waals surface area contributed by atoms with Crippen LogP contribution in [0, 0.1) is 11.3 Å². The molecule has 0 bridgehead atoms. The summed E-state index contributed by atoms with van der Waals surface area (Å²) in [4.78, 5) is 10.2. The highest BCUT2D eigenvalue weighted by Crippen LogP contribution is 2.50. The molecule has 0 atom stereocenters. The van der Waals surface area contributed by atoms with Crippen molar-refractivity contribution in [3.63, 3.8) is 0 Å². The minimum absolute atomic E-state index is 0.179. The van der Waals surface area contributed by atoms with Crippen molar-refractivity contribution in [3.8, 4) is 50.7 Å². The van der Waals surface area contributed by atoms with Gasteiger partial charge in [0.05, 0.1) is 28.4 Å². The number of nitriles is 1. The molecule has 3 heteroatoms. The maximum absolute atomic E-state index is 9.52. The predicted molar refractivity (Wildman–Crippen MR) is 211 cm³/mol. The molecule has 0 saturated carbocycles. The molecule has 1 aliphatic rings. The maximum atomic E-state index is 9.52. The summed E-state index contributed by atoms with van der Waals surface area (Å²) >= 11 is 0. The molecule has 0 unspecified atom stereocenters. The number of rotatable bonds is 3. The molecule has 0 spiro atoms. The average Bonchev–Trinajstić information content (AvgIpc) is 3.42. The minimum Gasteiger partial charge on any atom is -0.256 e. The molecule has 0 aliphatic heterocycles. The van der Waals surface area contributed by atoms with Gasteiger partial charge in [0.2, 0.25) is 0 Å². The summed E-state index contributed by atoms with van der Waals surface area (Å²) < 4.78 is 0. The smallest absolute Gasteiger partial charge is 0.0991 e. The summed E-state index contributed by atoms with van der Waals surface area (Å²) in [5.74, 6) is 0. The van der Waals surface area contributed by atoms with Crippen LogP contribution >= 0.6 is 0 Å². The Bertz CT molecular complexity index is 2930. The molecule has 238 valence electrons. The monoisotopic (exact) mass is 649 g/mol. The second-order valence-electron chi connectivity index (χ2n) is 14.1. The fourth-order valence-corrected chi connectivity index (χ4v) is 8.28. The zero-order valence-corrected chi connectivity index (χ0v) is 28.3. The quantitative estimate of drug-likeness (QED) is 0.179. The van der Waals surface area contributed by atoms with Gasteiger partial charge in [-0.15, -0.1) is 0 Å². The van der Waals surface area contributed by atoms with Crippen molar-refractivity contribution in [2.75, 3.05) is 0 Å². The summed E-state index contributed by atoms with van der Waals surface area (Å²) in [6, 6.07) is 54.2. The summed E-state index contributed by atoms with van der Waals surface area (Å²) in [5, 5.41) is 16.4. The topological polar surface area (TPSA) is 49.6 Å². The number of hydrogen-bond donors (Lipinski definition) is 0. The normalized spacial score (nSPS) is 13.0. The van der Waals surface area contributed by atoms with Gasteiger partial charge in [0.15, 0.2) is 0 Å². The molecule has 0 N–H and O–H groups in total. The standard InChI is InChI=1S/C48H31N3/c1-48(2)41-25-29(28-49)10-20-37(41)38-21-18-35(26-42(38)48)30-11-13-31(14-12-30)36-19-22-39-43(27-36)51-46(33-7-4-3-5-8-33)40-23-17-32-15-16-34-9-6-24-50-47(34)44(32)45(39)40/h3-27H,1-2H3. The van der Waals surface area contributed by atoms with Crippen molar-refractivity contribution in [3.05, 3.63) is 168 Å². The van der Waals surface area contributed by atoms with Crippen LogP contribution in [0.3, 0.4) is 0 Å². The molecule has 3 nitrogen and oxygen atoms in total. The highest BCUT2D eigenvalue weighted by Gasteiger charge is 2.35. The molecular weight excluding hydrogens is 619 g/mol. The van der Waals surface area contributed by atoms with Gasteiger partial charge in [-0.3, -0.25) is 4.98 Å². The number of nitrogens with zero attached hydrogens (tertiary/aromatic N) is 3. The third-order valence-electron chi connectivity index (χ3n) is 10.9. The van der Waals surface area contributed by atoms with Crippen LogP contribution in [0.15, 0.2) is 152 Å². The number of fused-ring (bicyclic) bond motifs is 10. The lowest BCUT2D eigenvalue weighted by atomic mass is 9.81. The third-order valence-corrected chi connectivity index (χ3v) is 10.9. The number of pyridine rings is 2. The van der Waals surface area contributed by atoms with Crippen LogP contribution in [0.25, 0.3) is 88.0 Å². The van der Waals surface area contributed by atoms with E-state index in [2.05, 4.69) is 153 Å². The first-order valence-corrected chi connectivity index (χ1v) is 17.4. The van der Waals surface area contributed by atoms with E-state index < -0.39 is 0 Å². The fourth-order valence-electron chi connectivity index (χ4n) is 8.28. The maximum Gasteiger partial charge on any atom is 0.0991 e. The van der Waals surface area contributed by atoms with Gasteiger partial charge in [-0.1, -0.05) is 129 Å². The zero-order valence-electron chi connectivity index (χ0n) is 28.3. The minimum atomic E-state index is -0.179. The Morgan fingerprint density at radius 2 is 1.18 bits per heavy atom. The molecule has 7 aromatic carbocycles. The zero-order chi connectivity index (χ0) is 34.3. The largest absolute Gasteiger partial charge is 0.256 e. The van der Waals surface area contributed by atoms with Gasteiger partial charge in [0.1, 0.15) is 0 Å². The second-order valence-corrected chi connectivity index (χ2v) is 14.1. The summed E-state index contributed by atoms with van der Waals surface area (Å²) in [5.41, 5.74) is 14.2. The second kappa shape index (κ2) is 10.9. The molecule has 2 aromatic heterocycles. The van der Waals surface area contributed by atoms with E-state index in [0.29, 0.717) is 5.56 Å². The van der Waals surface area contributed by atoms with E-state index in [1.165, 1.54) is 49.5 Å². The summed E-state index contributed by atoms with van der Waals surface area (Å²) in [6.07, 6.45) is 1.89. The first-order chi connectivity index (χ1) is 25.0. The van der Waals surface area contributed by atoms with E-state index in [4.69, 9.17) is 9.97 Å². The Balaban J connectivity index is 1.10. The van der Waals surface area contributed by atoms with Crippen molar-refractivity contribution < 1.29 is 0 Å². The molecule has 0 radical (unpaired) electrons. The summed E-state index contributed by atoms with van der Waals surface area (Å²) in [7, 11) is 0. The van der Waals surface area contributed by atoms with Crippen molar-refractivity contribution in [1.29, 1.82) is 5.26 Å². The molecule has 10 rings (SSSR count). The Hall–Kier alpha value is -6.63. The van der Waals surface area contributed by atoms with Crippen LogP contribution in [0.4, 0.5) is 0 Å². The highest BCUT2D eigenvalue weighted by molar-refractivity contribution is 6.28. The molecule has 1 aliphatic carbocycles. The number of hydrogen-bond acceptors (Lipinski definition) is 3. The van der Waals surface area contributed by atoms with Crippen LogP contribution in [0.1, 0.15) is 30.5 Å². The molecule has 0 saturated heterocycles. The Morgan fingerprint density at radius 1 is 0.529 bits per heavy atom. The molecular formula is C48H31N3. The lowest BCUT2D eigenvalue weighted by molar-refractivity contribution is 0.660. The number of aromatic nitrogens is 2. The van der Waals surface area contributed by atoms with Crippen LogP contribution in [0.5, 0.6) is 0 Å². The van der Waals surface area contributed by atoms with Gasteiger partial charge >= 0.3 is 0 Å². The third kappa shape index (κ3) is 4.43. The number of benzene rings is 7. The van der Waals surface area contributed by atoms with Crippen LogP contribution in [-0.4, -0.2) is 9.97 Å². The first kappa shape index (κ1) is 29.3. The Morgan fingerprint density at radius 3 is 1.96 bits per heavy atom. The van der Waals surface area contributed by atoms with E-state index in [1.54, 1.807) is 0 Å². The van der Waals surface area contributed by atoms with E-state index >= 15 is 0 Å². The van der Waals surface area contributed by atoms with E-state index in [9.17, 15) is 5.26 Å². The van der Waals surface area contributed by atoms with Crippen molar-refractivity contribution >= 4 is 43.4 Å². The van der Waals surface area contributed by atoms with Gasteiger partial charge in [0, 0.05) is 44.1 Å². The lowest BCUT2D eigenvalue weighted by Crippen LogP contribution is -2.15. The van der Waals surface area contributed by atoms with Crippen LogP contribution in [0.2, 0.25) is 0 Å². The lowest BCUT2D eigenvalue weighted by Gasteiger charge is -2.22.